The Hall–Kier alpha value is -1.22. The molecule has 0 unspecified atom stereocenters. The van der Waals surface area contributed by atoms with Crippen LogP contribution in [0.15, 0.2) is 12.1 Å². The van der Waals surface area contributed by atoms with E-state index in [1.165, 1.54) is 7.11 Å². The molecule has 86 valence electrons. The fraction of sp³-hybridized carbons (Fsp3) is 0.417. The average molecular weight is 241 g/mol. The van der Waals surface area contributed by atoms with Crippen LogP contribution in [0.3, 0.4) is 0 Å². The second kappa shape index (κ2) is 4.34. The lowest BCUT2D eigenvalue weighted by atomic mass is 10.1. The van der Waals surface area contributed by atoms with Gasteiger partial charge in [0.1, 0.15) is 11.5 Å². The highest BCUT2D eigenvalue weighted by molar-refractivity contribution is 6.34. The van der Waals surface area contributed by atoms with Gasteiger partial charge in [-0.15, -0.1) is 0 Å². The first-order valence-electron chi connectivity index (χ1n) is 5.13. The summed E-state index contributed by atoms with van der Waals surface area (Å²) < 4.78 is 10.3. The van der Waals surface area contributed by atoms with Crippen molar-refractivity contribution in [1.82, 2.24) is 0 Å². The molecule has 0 atom stereocenters. The van der Waals surface area contributed by atoms with E-state index in [9.17, 15) is 4.79 Å². The van der Waals surface area contributed by atoms with Crippen molar-refractivity contribution in [3.8, 4) is 11.5 Å². The summed E-state index contributed by atoms with van der Waals surface area (Å²) in [5.74, 6) is 1.28. The molecule has 4 heteroatoms. The summed E-state index contributed by atoms with van der Waals surface area (Å²) in [5.41, 5.74) is 0.479. The predicted octanol–water partition coefficient (Wildman–Crippen LogP) is 2.95. The molecule has 0 aromatic heterocycles. The number of rotatable bonds is 4. The van der Waals surface area contributed by atoms with Gasteiger partial charge in [0.25, 0.3) is 0 Å². The van der Waals surface area contributed by atoms with E-state index in [2.05, 4.69) is 0 Å². The molecule has 3 nitrogen and oxygen atoms in total. The third-order valence-electron chi connectivity index (χ3n) is 2.68. The van der Waals surface area contributed by atoms with Gasteiger partial charge in [0.2, 0.25) is 0 Å². The highest BCUT2D eigenvalue weighted by Gasteiger charge is 2.33. The second-order valence-corrected chi connectivity index (χ2v) is 4.23. The van der Waals surface area contributed by atoms with Crippen molar-refractivity contribution in [2.24, 2.45) is 5.92 Å². The molecule has 1 saturated carbocycles. The third kappa shape index (κ3) is 2.00. The number of methoxy groups -OCH3 is 2. The van der Waals surface area contributed by atoms with Crippen LogP contribution in [0.2, 0.25) is 5.02 Å². The zero-order valence-electron chi connectivity index (χ0n) is 9.25. The van der Waals surface area contributed by atoms with Crippen molar-refractivity contribution in [3.63, 3.8) is 0 Å². The molecule has 1 aliphatic carbocycles. The normalized spacial score (nSPS) is 14.7. The topological polar surface area (TPSA) is 35.5 Å². The zero-order valence-corrected chi connectivity index (χ0v) is 10.0. The maximum absolute atomic E-state index is 12.0. The molecule has 16 heavy (non-hydrogen) atoms. The Morgan fingerprint density at radius 1 is 1.31 bits per heavy atom. The number of Topliss-reactive ketones (excluding diaryl/α,β-unsaturated/α-hetero) is 1. The molecule has 1 aliphatic rings. The zero-order chi connectivity index (χ0) is 11.7. The molecule has 0 spiro atoms. The Bertz CT molecular complexity index is 425. The minimum absolute atomic E-state index is 0.0736. The van der Waals surface area contributed by atoms with Crippen molar-refractivity contribution in [2.75, 3.05) is 14.2 Å². The first-order chi connectivity index (χ1) is 7.67. The first-order valence-corrected chi connectivity index (χ1v) is 5.51. The quantitative estimate of drug-likeness (QED) is 0.759. The van der Waals surface area contributed by atoms with Crippen LogP contribution in [0, 0.1) is 5.92 Å². The number of halogens is 1. The summed E-state index contributed by atoms with van der Waals surface area (Å²) in [6.07, 6.45) is 1.90. The number of carbonyl (C=O) groups excluding carboxylic acids is 1. The van der Waals surface area contributed by atoms with Gasteiger partial charge in [0.05, 0.1) is 24.8 Å². The molecule has 1 aromatic carbocycles. The molecule has 0 radical (unpaired) electrons. The predicted molar refractivity (Wildman–Crippen MR) is 61.6 cm³/mol. The largest absolute Gasteiger partial charge is 0.497 e. The summed E-state index contributed by atoms with van der Waals surface area (Å²) in [6.45, 7) is 0. The molecular weight excluding hydrogens is 228 g/mol. The van der Waals surface area contributed by atoms with Crippen LogP contribution < -0.4 is 9.47 Å². The van der Waals surface area contributed by atoms with Gasteiger partial charge in [-0.1, -0.05) is 11.6 Å². The summed E-state index contributed by atoms with van der Waals surface area (Å²) in [6, 6.07) is 3.32. The number of carbonyl (C=O) groups is 1. The Balaban J connectivity index is 2.45. The lowest BCUT2D eigenvalue weighted by Gasteiger charge is -2.11. The van der Waals surface area contributed by atoms with Crippen molar-refractivity contribution in [1.29, 1.82) is 0 Å². The van der Waals surface area contributed by atoms with E-state index in [1.54, 1.807) is 19.2 Å². The lowest BCUT2D eigenvalue weighted by Crippen LogP contribution is -2.05. The van der Waals surface area contributed by atoms with Crippen molar-refractivity contribution < 1.29 is 14.3 Å². The van der Waals surface area contributed by atoms with Crippen LogP contribution in [-0.4, -0.2) is 20.0 Å². The van der Waals surface area contributed by atoms with Crippen molar-refractivity contribution in [3.05, 3.63) is 22.7 Å². The Morgan fingerprint density at radius 2 is 2.00 bits per heavy atom. The van der Waals surface area contributed by atoms with Gasteiger partial charge in [0.15, 0.2) is 5.78 Å². The van der Waals surface area contributed by atoms with Gasteiger partial charge < -0.3 is 9.47 Å². The van der Waals surface area contributed by atoms with Crippen LogP contribution in [-0.2, 0) is 0 Å². The monoisotopic (exact) mass is 240 g/mol. The second-order valence-electron chi connectivity index (χ2n) is 3.83. The molecule has 1 fully saturated rings. The molecule has 0 bridgehead atoms. The molecule has 2 rings (SSSR count). The molecular formula is C12H13ClO3. The highest BCUT2D eigenvalue weighted by atomic mass is 35.5. The van der Waals surface area contributed by atoms with E-state index in [-0.39, 0.29) is 11.7 Å². The smallest absolute Gasteiger partial charge is 0.171 e. The van der Waals surface area contributed by atoms with Gasteiger partial charge in [-0.25, -0.2) is 0 Å². The first kappa shape index (κ1) is 11.3. The van der Waals surface area contributed by atoms with Gasteiger partial charge in [-0.3, -0.25) is 4.79 Å². The number of ketones is 1. The van der Waals surface area contributed by atoms with E-state index in [1.807, 2.05) is 0 Å². The van der Waals surface area contributed by atoms with E-state index in [0.29, 0.717) is 22.1 Å². The van der Waals surface area contributed by atoms with Crippen LogP contribution in [0.5, 0.6) is 11.5 Å². The van der Waals surface area contributed by atoms with Crippen molar-refractivity contribution >= 4 is 17.4 Å². The summed E-state index contributed by atoms with van der Waals surface area (Å²) in [5, 5.41) is 0.396. The van der Waals surface area contributed by atoms with Gasteiger partial charge in [0, 0.05) is 12.0 Å². The fourth-order valence-corrected chi connectivity index (χ4v) is 1.92. The maximum atomic E-state index is 12.0. The Morgan fingerprint density at radius 3 is 2.50 bits per heavy atom. The van der Waals surface area contributed by atoms with Crippen LogP contribution in [0.1, 0.15) is 23.2 Å². The minimum Gasteiger partial charge on any atom is -0.497 e. The molecule has 0 amide bonds. The maximum Gasteiger partial charge on any atom is 0.171 e. The highest BCUT2D eigenvalue weighted by Crippen LogP contribution is 2.39. The molecule has 0 aliphatic heterocycles. The standard InChI is InChI=1S/C12H13ClO3/c1-15-8-5-9(13)11(10(6-8)16-2)12(14)7-3-4-7/h5-7H,3-4H2,1-2H3. The minimum atomic E-state index is 0.0736. The SMILES string of the molecule is COc1cc(Cl)c(C(=O)C2CC2)c(OC)c1. The van der Waals surface area contributed by atoms with E-state index in [0.717, 1.165) is 12.8 Å². The van der Waals surface area contributed by atoms with E-state index < -0.39 is 0 Å². The Kier molecular flexibility index (Phi) is 3.06. The van der Waals surface area contributed by atoms with Gasteiger partial charge in [-0.2, -0.15) is 0 Å². The Labute approximate surface area is 99.3 Å². The molecule has 0 heterocycles. The molecule has 0 N–H and O–H groups in total. The van der Waals surface area contributed by atoms with E-state index >= 15 is 0 Å². The summed E-state index contributed by atoms with van der Waals surface area (Å²) in [4.78, 5) is 12.0. The molecule has 1 aromatic rings. The number of benzene rings is 1. The van der Waals surface area contributed by atoms with Crippen molar-refractivity contribution in [2.45, 2.75) is 12.8 Å². The molecule has 0 saturated heterocycles. The van der Waals surface area contributed by atoms with Gasteiger partial charge >= 0.3 is 0 Å². The number of hydrogen-bond donors (Lipinski definition) is 0. The third-order valence-corrected chi connectivity index (χ3v) is 2.98. The summed E-state index contributed by atoms with van der Waals surface area (Å²) >= 11 is 6.08. The lowest BCUT2D eigenvalue weighted by molar-refractivity contribution is 0.0965. The van der Waals surface area contributed by atoms with Gasteiger partial charge in [-0.05, 0) is 18.9 Å². The van der Waals surface area contributed by atoms with Crippen LogP contribution >= 0.6 is 11.6 Å². The average Bonchev–Trinajstić information content (AvgIpc) is 3.10. The number of ether oxygens (including phenoxy) is 2. The number of hydrogen-bond acceptors (Lipinski definition) is 3. The fourth-order valence-electron chi connectivity index (χ4n) is 1.63. The van der Waals surface area contributed by atoms with Crippen LogP contribution in [0.4, 0.5) is 0 Å². The van der Waals surface area contributed by atoms with Crippen LogP contribution in [0.25, 0.3) is 0 Å². The van der Waals surface area contributed by atoms with E-state index in [4.69, 9.17) is 21.1 Å². The summed E-state index contributed by atoms with van der Waals surface area (Å²) in [7, 11) is 3.07.